The molecule has 0 saturated heterocycles. The number of carboxylic acids is 1. The van der Waals surface area contributed by atoms with E-state index >= 15 is 0 Å². The van der Waals surface area contributed by atoms with Gasteiger partial charge in [0.25, 0.3) is 0 Å². The molecule has 3 aliphatic carbocycles. The number of fused-ring (bicyclic) bond motifs is 3. The molecule has 0 aromatic carbocycles. The monoisotopic (exact) mass is 366 g/mol. The average Bonchev–Trinajstić information content (AvgIpc) is 2.46. The Morgan fingerprint density at radius 3 is 2.61 bits per heavy atom. The zero-order valence-corrected chi connectivity index (χ0v) is 18.2. The molecule has 0 heterocycles. The molecule has 0 aromatic heterocycles. The summed E-state index contributed by atoms with van der Waals surface area (Å²) in [6.45, 7) is 8.93. The van der Waals surface area contributed by atoms with Crippen LogP contribution in [0.25, 0.3) is 0 Å². The van der Waals surface area contributed by atoms with Crippen molar-refractivity contribution in [3.05, 3.63) is 23.3 Å². The third kappa shape index (κ3) is 2.88. The van der Waals surface area contributed by atoms with Gasteiger partial charge in [-0.3, -0.25) is 4.79 Å². The van der Waals surface area contributed by atoms with Crippen molar-refractivity contribution >= 4 is 5.97 Å². The Morgan fingerprint density at radius 2 is 2.00 bits per heavy atom. The van der Waals surface area contributed by atoms with E-state index in [1.54, 1.807) is 5.57 Å². The minimum atomic E-state index is -0.588. The van der Waals surface area contributed by atoms with Crippen molar-refractivity contribution < 1.29 is 29.4 Å². The topological polar surface area (TPSA) is 37.3 Å². The van der Waals surface area contributed by atoms with E-state index in [4.69, 9.17) is 0 Å². The quantitative estimate of drug-likeness (QED) is 0.681. The Hall–Kier alpha value is -0.427. The van der Waals surface area contributed by atoms with E-state index in [1.807, 2.05) is 6.92 Å². The molecule has 0 radical (unpaired) electrons. The van der Waals surface area contributed by atoms with Crippen LogP contribution >= 0.6 is 0 Å². The molecule has 4 atom stereocenters. The summed E-state index contributed by atoms with van der Waals surface area (Å²) in [7, 11) is 0. The van der Waals surface area contributed by atoms with Gasteiger partial charge in [-0.15, -0.1) is 0 Å². The van der Waals surface area contributed by atoms with Crippen molar-refractivity contribution in [2.75, 3.05) is 0 Å². The van der Waals surface area contributed by atoms with Crippen LogP contribution in [0.5, 0.6) is 0 Å². The second kappa shape index (κ2) is 6.47. The van der Waals surface area contributed by atoms with E-state index in [0.29, 0.717) is 11.8 Å². The van der Waals surface area contributed by atoms with Crippen LogP contribution < -0.4 is 0 Å². The predicted octanol–water partition coefficient (Wildman–Crippen LogP) is 5.20. The van der Waals surface area contributed by atoms with Gasteiger partial charge in [-0.2, -0.15) is 0 Å². The SMILES string of the molecule is CC(C)C1=CC2=CCC3C(C)(C(=O)O)CCCC3(C)C2CC1.[Zn+2]. The Balaban J connectivity index is 0.00000192. The summed E-state index contributed by atoms with van der Waals surface area (Å²) in [5.41, 5.74) is 2.69. The van der Waals surface area contributed by atoms with Crippen LogP contribution in [0, 0.1) is 28.6 Å². The van der Waals surface area contributed by atoms with Crippen LogP contribution in [0.3, 0.4) is 0 Å². The first kappa shape index (κ1) is 18.9. The zero-order valence-electron chi connectivity index (χ0n) is 15.2. The van der Waals surface area contributed by atoms with Crippen LogP contribution in [-0.4, -0.2) is 11.1 Å². The van der Waals surface area contributed by atoms with Crippen molar-refractivity contribution in [3.8, 4) is 0 Å². The number of aliphatic carboxylic acids is 1. The van der Waals surface area contributed by atoms with Crippen molar-refractivity contribution in [1.82, 2.24) is 0 Å². The molecule has 2 nitrogen and oxygen atoms in total. The van der Waals surface area contributed by atoms with E-state index in [1.165, 1.54) is 24.8 Å². The van der Waals surface area contributed by atoms with Crippen molar-refractivity contribution in [2.24, 2.45) is 28.6 Å². The molecule has 3 rings (SSSR count). The van der Waals surface area contributed by atoms with Crippen molar-refractivity contribution in [2.45, 2.75) is 66.2 Å². The minimum Gasteiger partial charge on any atom is -0.481 e. The third-order valence-electron chi connectivity index (χ3n) is 7.07. The largest absolute Gasteiger partial charge is 2.00 e. The van der Waals surface area contributed by atoms with E-state index in [9.17, 15) is 9.90 Å². The van der Waals surface area contributed by atoms with Gasteiger partial charge in [0.05, 0.1) is 5.41 Å². The van der Waals surface area contributed by atoms with Gasteiger partial charge in [0.2, 0.25) is 0 Å². The fraction of sp³-hybridized carbons (Fsp3) is 0.750. The maximum Gasteiger partial charge on any atom is 2.00 e. The van der Waals surface area contributed by atoms with Gasteiger partial charge in [0, 0.05) is 0 Å². The zero-order chi connectivity index (χ0) is 16.1. The molecular weight excluding hydrogens is 338 g/mol. The first-order valence-corrected chi connectivity index (χ1v) is 8.93. The van der Waals surface area contributed by atoms with E-state index in [2.05, 4.69) is 32.9 Å². The number of carbonyl (C=O) groups is 1. The standard InChI is InChI=1S/C20H30O2.Zn/c1-13(2)14-6-8-16-15(12-14)7-9-17-19(16,3)10-5-11-20(17,4)18(21)22;/h7,12-13,16-17H,5-6,8-11H2,1-4H3,(H,21,22);/q;+2. The molecule has 23 heavy (non-hydrogen) atoms. The maximum absolute atomic E-state index is 11.9. The normalized spacial score (nSPS) is 39.5. The van der Waals surface area contributed by atoms with Crippen LogP contribution in [0.15, 0.2) is 23.3 Å². The summed E-state index contributed by atoms with van der Waals surface area (Å²) in [4.78, 5) is 11.9. The molecule has 122 valence electrons. The van der Waals surface area contributed by atoms with E-state index < -0.39 is 11.4 Å². The number of carboxylic acid groups (broad SMARTS) is 1. The fourth-order valence-corrected chi connectivity index (χ4v) is 5.60. The van der Waals surface area contributed by atoms with Crippen LogP contribution in [0.1, 0.15) is 66.2 Å². The molecule has 0 bridgehead atoms. The first-order chi connectivity index (χ1) is 10.3. The van der Waals surface area contributed by atoms with Crippen molar-refractivity contribution in [3.63, 3.8) is 0 Å². The molecule has 3 aliphatic rings. The molecule has 4 unspecified atom stereocenters. The van der Waals surface area contributed by atoms with Gasteiger partial charge in [0.15, 0.2) is 0 Å². The summed E-state index contributed by atoms with van der Waals surface area (Å²) < 4.78 is 0. The molecule has 1 N–H and O–H groups in total. The van der Waals surface area contributed by atoms with E-state index in [0.717, 1.165) is 19.3 Å². The molecule has 0 amide bonds. The second-order valence-electron chi connectivity index (χ2n) is 8.54. The van der Waals surface area contributed by atoms with Gasteiger partial charge < -0.3 is 5.11 Å². The number of hydrogen-bond acceptors (Lipinski definition) is 1. The summed E-state index contributed by atoms with van der Waals surface area (Å²) >= 11 is 0. The van der Waals surface area contributed by atoms with Crippen LogP contribution in [0.4, 0.5) is 0 Å². The minimum absolute atomic E-state index is 0. The van der Waals surface area contributed by atoms with Crippen LogP contribution in [0.2, 0.25) is 0 Å². The number of rotatable bonds is 2. The summed E-state index contributed by atoms with van der Waals surface area (Å²) in [6, 6.07) is 0. The smallest absolute Gasteiger partial charge is 0.481 e. The predicted molar refractivity (Wildman–Crippen MR) is 89.5 cm³/mol. The van der Waals surface area contributed by atoms with Gasteiger partial charge in [-0.1, -0.05) is 44.9 Å². The van der Waals surface area contributed by atoms with Gasteiger partial charge in [-0.05, 0) is 67.8 Å². The second-order valence-corrected chi connectivity index (χ2v) is 8.54. The van der Waals surface area contributed by atoms with Crippen LogP contribution in [-0.2, 0) is 24.3 Å². The van der Waals surface area contributed by atoms with E-state index in [-0.39, 0.29) is 30.8 Å². The average molecular weight is 368 g/mol. The Bertz CT molecular complexity index is 548. The maximum atomic E-state index is 11.9. The third-order valence-corrected chi connectivity index (χ3v) is 7.07. The number of allylic oxidation sites excluding steroid dienone is 4. The Labute approximate surface area is 153 Å². The molecule has 1 saturated carbocycles. The van der Waals surface area contributed by atoms with Crippen molar-refractivity contribution in [1.29, 1.82) is 0 Å². The molecule has 3 heteroatoms. The molecular formula is C20H30O2Zn+2. The molecule has 0 aromatic rings. The summed E-state index contributed by atoms with van der Waals surface area (Å²) in [5, 5.41) is 9.83. The fourth-order valence-electron chi connectivity index (χ4n) is 5.60. The summed E-state index contributed by atoms with van der Waals surface area (Å²) in [6.07, 6.45) is 11.2. The van der Waals surface area contributed by atoms with Gasteiger partial charge in [-0.25, -0.2) is 0 Å². The molecule has 0 spiro atoms. The Morgan fingerprint density at radius 1 is 1.30 bits per heavy atom. The Kier molecular flexibility index (Phi) is 5.32. The molecule has 1 fully saturated rings. The first-order valence-electron chi connectivity index (χ1n) is 8.93. The van der Waals surface area contributed by atoms with Gasteiger partial charge in [0.1, 0.15) is 0 Å². The number of hydrogen-bond donors (Lipinski definition) is 1. The molecule has 0 aliphatic heterocycles. The summed E-state index contributed by atoms with van der Waals surface area (Å²) in [5.74, 6) is 0.888. The van der Waals surface area contributed by atoms with Gasteiger partial charge >= 0.3 is 25.4 Å².